The van der Waals surface area contributed by atoms with Gasteiger partial charge >= 0.3 is 0 Å². The van der Waals surface area contributed by atoms with Gasteiger partial charge in [-0.2, -0.15) is 0 Å². The fourth-order valence-electron chi connectivity index (χ4n) is 1.81. The minimum atomic E-state index is -0.296. The van der Waals surface area contributed by atoms with Crippen LogP contribution in [0.2, 0.25) is 0 Å². The van der Waals surface area contributed by atoms with E-state index in [1.54, 1.807) is 13.1 Å². The number of nitrogens with one attached hydrogen (secondary N) is 1. The zero-order chi connectivity index (χ0) is 12.0. The predicted octanol–water partition coefficient (Wildman–Crippen LogP) is 0.830. The van der Waals surface area contributed by atoms with E-state index in [-0.39, 0.29) is 18.2 Å². The van der Waals surface area contributed by atoms with Gasteiger partial charge in [-0.15, -0.1) is 0 Å². The Balaban J connectivity index is 2.56. The fourth-order valence-corrected chi connectivity index (χ4v) is 1.81. The summed E-state index contributed by atoms with van der Waals surface area (Å²) in [7, 11) is 0. The van der Waals surface area contributed by atoms with Gasteiger partial charge in [-0.05, 0) is 31.9 Å². The Bertz CT molecular complexity index is 290. The van der Waals surface area contributed by atoms with Crippen molar-refractivity contribution in [2.75, 3.05) is 6.54 Å². The van der Waals surface area contributed by atoms with E-state index in [0.717, 1.165) is 12.0 Å². The van der Waals surface area contributed by atoms with Crippen molar-refractivity contribution in [2.45, 2.75) is 38.5 Å². The Labute approximate surface area is 96.9 Å². The van der Waals surface area contributed by atoms with Crippen LogP contribution in [0, 0.1) is 0 Å². The van der Waals surface area contributed by atoms with E-state index in [1.165, 1.54) is 0 Å². The molecule has 0 spiro atoms. The van der Waals surface area contributed by atoms with Gasteiger partial charge in [0.2, 0.25) is 0 Å². The lowest BCUT2D eigenvalue weighted by Crippen LogP contribution is -2.36. The van der Waals surface area contributed by atoms with E-state index in [9.17, 15) is 5.11 Å². The van der Waals surface area contributed by atoms with E-state index in [1.807, 2.05) is 25.3 Å². The summed E-state index contributed by atoms with van der Waals surface area (Å²) in [5.74, 6) is 0. The van der Waals surface area contributed by atoms with Crippen molar-refractivity contribution in [1.82, 2.24) is 10.3 Å². The van der Waals surface area contributed by atoms with Gasteiger partial charge in [-0.1, -0.05) is 6.07 Å². The van der Waals surface area contributed by atoms with E-state index >= 15 is 0 Å². The molecule has 3 unspecified atom stereocenters. The third-order valence-electron chi connectivity index (χ3n) is 2.50. The quantitative estimate of drug-likeness (QED) is 0.668. The maximum absolute atomic E-state index is 9.30. The molecule has 0 aliphatic heterocycles. The molecule has 1 heterocycles. The molecule has 16 heavy (non-hydrogen) atoms. The van der Waals surface area contributed by atoms with Crippen LogP contribution >= 0.6 is 0 Å². The van der Waals surface area contributed by atoms with E-state index in [4.69, 9.17) is 5.73 Å². The van der Waals surface area contributed by atoms with Crippen LogP contribution in [-0.2, 0) is 0 Å². The number of pyridine rings is 1. The van der Waals surface area contributed by atoms with Crippen molar-refractivity contribution >= 4 is 0 Å². The number of hydrogen-bond donors (Lipinski definition) is 3. The maximum Gasteiger partial charge on any atom is 0.0526 e. The number of nitrogens with zero attached hydrogens (tertiary/aromatic N) is 1. The number of aliphatic hydroxyl groups is 1. The van der Waals surface area contributed by atoms with Crippen molar-refractivity contribution in [2.24, 2.45) is 5.73 Å². The Hall–Kier alpha value is -0.970. The fraction of sp³-hybridized carbons (Fsp3) is 0.583. The maximum atomic E-state index is 9.30. The van der Waals surface area contributed by atoms with Crippen LogP contribution in [0.5, 0.6) is 0 Å². The summed E-state index contributed by atoms with van der Waals surface area (Å²) in [4.78, 5) is 4.08. The van der Waals surface area contributed by atoms with Gasteiger partial charge in [0, 0.05) is 31.0 Å². The van der Waals surface area contributed by atoms with Crippen LogP contribution in [0.1, 0.15) is 31.9 Å². The molecule has 4 nitrogen and oxygen atoms in total. The number of aliphatic hydroxyl groups excluding tert-OH is 1. The number of nitrogens with two attached hydrogens (primary N) is 1. The first-order valence-corrected chi connectivity index (χ1v) is 5.67. The van der Waals surface area contributed by atoms with Gasteiger partial charge in [-0.3, -0.25) is 4.98 Å². The molecule has 0 fully saturated rings. The molecule has 3 atom stereocenters. The average Bonchev–Trinajstić information content (AvgIpc) is 2.26. The summed E-state index contributed by atoms with van der Waals surface area (Å²) in [6, 6.07) is 4.24. The first-order chi connectivity index (χ1) is 7.63. The molecule has 0 aromatic carbocycles. The molecule has 90 valence electrons. The number of aromatic nitrogens is 1. The van der Waals surface area contributed by atoms with Crippen LogP contribution in [0.15, 0.2) is 24.5 Å². The van der Waals surface area contributed by atoms with Crippen molar-refractivity contribution in [3.8, 4) is 0 Å². The van der Waals surface area contributed by atoms with E-state index < -0.39 is 0 Å². The topological polar surface area (TPSA) is 71.2 Å². The highest BCUT2D eigenvalue weighted by molar-refractivity contribution is 5.14. The average molecular weight is 223 g/mol. The Morgan fingerprint density at radius 2 is 2.25 bits per heavy atom. The molecular formula is C12H21N3O. The van der Waals surface area contributed by atoms with Gasteiger partial charge in [0.1, 0.15) is 0 Å². The second kappa shape index (κ2) is 6.58. The number of rotatable bonds is 6. The largest absolute Gasteiger partial charge is 0.393 e. The van der Waals surface area contributed by atoms with Gasteiger partial charge in [0.25, 0.3) is 0 Å². The van der Waals surface area contributed by atoms with Crippen molar-refractivity contribution < 1.29 is 5.11 Å². The second-order valence-electron chi connectivity index (χ2n) is 4.23. The molecular weight excluding hydrogens is 202 g/mol. The molecule has 4 heteroatoms. The molecule has 0 saturated carbocycles. The SMILES string of the molecule is CC(O)CC(C)NC(CN)c1cccnc1. The summed E-state index contributed by atoms with van der Waals surface area (Å²) in [6.07, 6.45) is 3.99. The van der Waals surface area contributed by atoms with Crippen LogP contribution in [0.4, 0.5) is 0 Å². The van der Waals surface area contributed by atoms with Gasteiger partial charge in [0.05, 0.1) is 6.10 Å². The monoisotopic (exact) mass is 223 g/mol. The van der Waals surface area contributed by atoms with Crippen LogP contribution in [0.25, 0.3) is 0 Å². The molecule has 0 radical (unpaired) electrons. The van der Waals surface area contributed by atoms with Crippen LogP contribution in [0.3, 0.4) is 0 Å². The molecule has 0 aliphatic rings. The zero-order valence-corrected chi connectivity index (χ0v) is 9.93. The minimum absolute atomic E-state index is 0.0995. The zero-order valence-electron chi connectivity index (χ0n) is 9.93. The van der Waals surface area contributed by atoms with Crippen LogP contribution < -0.4 is 11.1 Å². The molecule has 0 saturated heterocycles. The normalized spacial score (nSPS) is 16.8. The first kappa shape index (κ1) is 13.1. The molecule has 0 bridgehead atoms. The molecule has 4 N–H and O–H groups in total. The number of hydrogen-bond acceptors (Lipinski definition) is 4. The van der Waals surface area contributed by atoms with Gasteiger partial charge in [0.15, 0.2) is 0 Å². The standard InChI is InChI=1S/C12H21N3O/c1-9(6-10(2)16)15-12(7-13)11-4-3-5-14-8-11/h3-5,8-10,12,15-16H,6-7,13H2,1-2H3. The molecule has 1 aromatic rings. The lowest BCUT2D eigenvalue weighted by Gasteiger charge is -2.23. The van der Waals surface area contributed by atoms with E-state index in [2.05, 4.69) is 10.3 Å². The molecule has 0 aliphatic carbocycles. The summed E-state index contributed by atoms with van der Waals surface area (Å²) >= 11 is 0. The first-order valence-electron chi connectivity index (χ1n) is 5.67. The highest BCUT2D eigenvalue weighted by atomic mass is 16.3. The van der Waals surface area contributed by atoms with Crippen molar-refractivity contribution in [3.63, 3.8) is 0 Å². The lowest BCUT2D eigenvalue weighted by molar-refractivity contribution is 0.168. The Morgan fingerprint density at radius 3 is 2.75 bits per heavy atom. The van der Waals surface area contributed by atoms with Gasteiger partial charge in [-0.25, -0.2) is 0 Å². The van der Waals surface area contributed by atoms with Crippen molar-refractivity contribution in [1.29, 1.82) is 0 Å². The highest BCUT2D eigenvalue weighted by Crippen LogP contribution is 2.11. The van der Waals surface area contributed by atoms with Gasteiger partial charge < -0.3 is 16.2 Å². The summed E-state index contributed by atoms with van der Waals surface area (Å²) in [5.41, 5.74) is 6.82. The lowest BCUT2D eigenvalue weighted by atomic mass is 10.1. The summed E-state index contributed by atoms with van der Waals surface area (Å²) in [6.45, 7) is 4.36. The van der Waals surface area contributed by atoms with Crippen LogP contribution in [-0.4, -0.2) is 28.8 Å². The summed E-state index contributed by atoms with van der Waals surface area (Å²) in [5, 5.41) is 12.7. The highest BCUT2D eigenvalue weighted by Gasteiger charge is 2.13. The smallest absolute Gasteiger partial charge is 0.0526 e. The van der Waals surface area contributed by atoms with E-state index in [0.29, 0.717) is 6.54 Å². The van der Waals surface area contributed by atoms with Crippen molar-refractivity contribution in [3.05, 3.63) is 30.1 Å². The molecule has 1 aromatic heterocycles. The second-order valence-corrected chi connectivity index (χ2v) is 4.23. The Morgan fingerprint density at radius 1 is 1.50 bits per heavy atom. The predicted molar refractivity (Wildman–Crippen MR) is 64.9 cm³/mol. The molecule has 1 rings (SSSR count). The summed E-state index contributed by atoms with van der Waals surface area (Å²) < 4.78 is 0. The minimum Gasteiger partial charge on any atom is -0.393 e. The third kappa shape index (κ3) is 4.26. The third-order valence-corrected chi connectivity index (χ3v) is 2.50. The Kier molecular flexibility index (Phi) is 5.38. The molecule has 0 amide bonds.